The highest BCUT2D eigenvalue weighted by molar-refractivity contribution is 6.30. The first-order valence-electron chi connectivity index (χ1n) is 8.58. The number of aromatic nitrogens is 2. The summed E-state index contributed by atoms with van der Waals surface area (Å²) in [6.45, 7) is 5.07. The van der Waals surface area contributed by atoms with Crippen molar-refractivity contribution in [3.8, 4) is 5.75 Å². The Morgan fingerprint density at radius 3 is 2.64 bits per heavy atom. The lowest BCUT2D eigenvalue weighted by Crippen LogP contribution is -2.51. The molecule has 0 N–H and O–H groups in total. The van der Waals surface area contributed by atoms with Crippen LogP contribution in [-0.2, 0) is 11.8 Å². The van der Waals surface area contributed by atoms with Crippen molar-refractivity contribution in [2.75, 3.05) is 13.1 Å². The van der Waals surface area contributed by atoms with Gasteiger partial charge in [0.05, 0.1) is 5.69 Å². The minimum atomic E-state index is -0.931. The third kappa shape index (κ3) is 4.15. The number of aryl methyl sites for hydroxylation is 1. The van der Waals surface area contributed by atoms with Crippen LogP contribution in [0.15, 0.2) is 36.5 Å². The first-order valence-corrected chi connectivity index (χ1v) is 8.96. The van der Waals surface area contributed by atoms with Gasteiger partial charge in [-0.1, -0.05) is 11.6 Å². The topological polar surface area (TPSA) is 47.4 Å². The maximum absolute atomic E-state index is 13.0. The van der Waals surface area contributed by atoms with E-state index in [4.69, 9.17) is 16.3 Å². The lowest BCUT2D eigenvalue weighted by Gasteiger charge is -2.37. The zero-order valence-corrected chi connectivity index (χ0v) is 15.7. The maximum atomic E-state index is 13.0. The molecule has 0 unspecified atom stereocenters. The van der Waals surface area contributed by atoms with Gasteiger partial charge in [-0.3, -0.25) is 9.48 Å². The van der Waals surface area contributed by atoms with Gasteiger partial charge in [0.1, 0.15) is 5.75 Å². The van der Waals surface area contributed by atoms with Gasteiger partial charge in [-0.2, -0.15) is 5.10 Å². The Labute approximate surface area is 153 Å². The van der Waals surface area contributed by atoms with Crippen LogP contribution in [0, 0.1) is 0 Å². The molecule has 25 heavy (non-hydrogen) atoms. The van der Waals surface area contributed by atoms with E-state index in [1.54, 1.807) is 24.3 Å². The second-order valence-electron chi connectivity index (χ2n) is 7.07. The van der Waals surface area contributed by atoms with Gasteiger partial charge in [-0.25, -0.2) is 0 Å². The zero-order chi connectivity index (χ0) is 18.0. The van der Waals surface area contributed by atoms with E-state index in [0.717, 1.165) is 25.1 Å². The average molecular weight is 362 g/mol. The van der Waals surface area contributed by atoms with Gasteiger partial charge in [0.2, 0.25) is 0 Å². The van der Waals surface area contributed by atoms with E-state index in [-0.39, 0.29) is 11.8 Å². The molecular formula is C19H24ClN3O2. The highest BCUT2D eigenvalue weighted by atomic mass is 35.5. The van der Waals surface area contributed by atoms with Crippen molar-refractivity contribution in [2.24, 2.45) is 7.05 Å². The quantitative estimate of drug-likeness (QED) is 0.835. The number of carbonyl (C=O) groups excluding carboxylic acids is 1. The molecule has 1 fully saturated rings. The highest BCUT2D eigenvalue weighted by Gasteiger charge is 2.37. The number of likely N-dealkylation sites (tertiary alicyclic amines) is 1. The van der Waals surface area contributed by atoms with Gasteiger partial charge < -0.3 is 9.64 Å². The third-order valence-electron chi connectivity index (χ3n) is 4.56. The van der Waals surface area contributed by atoms with Crippen molar-refractivity contribution in [1.29, 1.82) is 0 Å². The van der Waals surface area contributed by atoms with Crippen LogP contribution < -0.4 is 4.74 Å². The van der Waals surface area contributed by atoms with E-state index < -0.39 is 5.60 Å². The van der Waals surface area contributed by atoms with Crippen molar-refractivity contribution < 1.29 is 9.53 Å². The summed E-state index contributed by atoms with van der Waals surface area (Å²) in [4.78, 5) is 14.9. The number of ether oxygens (including phenoxy) is 1. The molecule has 2 aromatic rings. The Bertz CT molecular complexity index is 739. The molecule has 6 heteroatoms. The van der Waals surface area contributed by atoms with E-state index in [1.165, 1.54) is 0 Å². The van der Waals surface area contributed by atoms with Crippen LogP contribution in [0.5, 0.6) is 5.75 Å². The molecule has 0 spiro atoms. The summed E-state index contributed by atoms with van der Waals surface area (Å²) in [5.41, 5.74) is 0.122. The Hall–Kier alpha value is -2.01. The number of benzene rings is 1. The summed E-state index contributed by atoms with van der Waals surface area (Å²) in [5.74, 6) is 0.925. The van der Waals surface area contributed by atoms with Gasteiger partial charge in [-0.05, 0) is 57.0 Å². The molecule has 1 atom stereocenters. The molecule has 1 aromatic heterocycles. The molecule has 0 aliphatic carbocycles. The molecule has 0 bridgehead atoms. The minimum absolute atomic E-state index is 0.00285. The van der Waals surface area contributed by atoms with Gasteiger partial charge in [-0.15, -0.1) is 0 Å². The standard InChI is InChI=1S/C19H24ClN3O2/c1-19(2,25-16-8-6-15(20)7-9-16)18(24)23-11-4-5-14(13-23)17-10-12-22(3)21-17/h6-10,12,14H,4-5,11,13H2,1-3H3/t14-/m1/s1. The number of hydrogen-bond acceptors (Lipinski definition) is 3. The fourth-order valence-electron chi connectivity index (χ4n) is 3.28. The number of carbonyl (C=O) groups is 1. The van der Waals surface area contributed by atoms with E-state index in [9.17, 15) is 4.79 Å². The molecule has 0 radical (unpaired) electrons. The number of piperidine rings is 1. The van der Waals surface area contributed by atoms with Gasteiger partial charge in [0.25, 0.3) is 5.91 Å². The molecule has 2 heterocycles. The summed E-state index contributed by atoms with van der Waals surface area (Å²) in [5, 5.41) is 5.15. The lowest BCUT2D eigenvalue weighted by molar-refractivity contribution is -0.146. The molecular weight excluding hydrogens is 338 g/mol. The highest BCUT2D eigenvalue weighted by Crippen LogP contribution is 2.28. The summed E-state index contributed by atoms with van der Waals surface area (Å²) >= 11 is 5.90. The van der Waals surface area contributed by atoms with Crippen LogP contribution in [-0.4, -0.2) is 39.3 Å². The Morgan fingerprint density at radius 2 is 2.00 bits per heavy atom. The van der Waals surface area contributed by atoms with Crippen LogP contribution in [0.2, 0.25) is 5.02 Å². The largest absolute Gasteiger partial charge is 0.478 e. The zero-order valence-electron chi connectivity index (χ0n) is 14.9. The van der Waals surface area contributed by atoms with E-state index >= 15 is 0 Å². The lowest BCUT2D eigenvalue weighted by atomic mass is 9.93. The maximum Gasteiger partial charge on any atom is 0.266 e. The number of halogens is 1. The number of nitrogens with zero attached hydrogens (tertiary/aromatic N) is 3. The van der Waals surface area contributed by atoms with Crippen LogP contribution >= 0.6 is 11.6 Å². The smallest absolute Gasteiger partial charge is 0.266 e. The van der Waals surface area contributed by atoms with Crippen LogP contribution in [0.4, 0.5) is 0 Å². The van der Waals surface area contributed by atoms with Gasteiger partial charge in [0.15, 0.2) is 5.60 Å². The molecule has 1 saturated heterocycles. The first kappa shape index (κ1) is 17.8. The third-order valence-corrected chi connectivity index (χ3v) is 4.81. The monoisotopic (exact) mass is 361 g/mol. The normalized spacial score (nSPS) is 18.2. The molecule has 5 nitrogen and oxygen atoms in total. The molecule has 3 rings (SSSR count). The van der Waals surface area contributed by atoms with Crippen LogP contribution in [0.1, 0.15) is 38.3 Å². The van der Waals surface area contributed by atoms with E-state index in [2.05, 4.69) is 5.10 Å². The fraction of sp³-hybridized carbons (Fsp3) is 0.474. The van der Waals surface area contributed by atoms with Crippen molar-refractivity contribution in [1.82, 2.24) is 14.7 Å². The predicted molar refractivity (Wildman–Crippen MR) is 97.9 cm³/mol. The molecule has 1 aromatic carbocycles. The summed E-state index contributed by atoms with van der Waals surface area (Å²) in [6, 6.07) is 9.12. The first-order chi connectivity index (χ1) is 11.8. The summed E-state index contributed by atoms with van der Waals surface area (Å²) < 4.78 is 7.76. The second-order valence-corrected chi connectivity index (χ2v) is 7.51. The summed E-state index contributed by atoms with van der Waals surface area (Å²) in [7, 11) is 1.91. The minimum Gasteiger partial charge on any atom is -0.478 e. The van der Waals surface area contributed by atoms with Crippen molar-refractivity contribution in [3.05, 3.63) is 47.2 Å². The van der Waals surface area contributed by atoms with E-state index in [0.29, 0.717) is 17.3 Å². The SMILES string of the molecule is Cn1ccc([C@@H]2CCCN(C(=O)C(C)(C)Oc3ccc(Cl)cc3)C2)n1. The van der Waals surface area contributed by atoms with Crippen molar-refractivity contribution >= 4 is 17.5 Å². The number of amides is 1. The molecule has 1 amide bonds. The van der Waals surface area contributed by atoms with Crippen LogP contribution in [0.25, 0.3) is 0 Å². The molecule has 0 saturated carbocycles. The van der Waals surface area contributed by atoms with Crippen molar-refractivity contribution in [3.63, 3.8) is 0 Å². The average Bonchev–Trinajstić information content (AvgIpc) is 3.03. The van der Waals surface area contributed by atoms with E-state index in [1.807, 2.05) is 42.7 Å². The molecule has 134 valence electrons. The number of hydrogen-bond donors (Lipinski definition) is 0. The Kier molecular flexibility index (Phi) is 5.04. The van der Waals surface area contributed by atoms with Crippen LogP contribution in [0.3, 0.4) is 0 Å². The Balaban J connectivity index is 1.69. The van der Waals surface area contributed by atoms with Crippen molar-refractivity contribution in [2.45, 2.75) is 38.2 Å². The van der Waals surface area contributed by atoms with Gasteiger partial charge in [0, 0.05) is 37.3 Å². The molecule has 1 aliphatic rings. The fourth-order valence-corrected chi connectivity index (χ4v) is 3.40. The van der Waals surface area contributed by atoms with Gasteiger partial charge >= 0.3 is 0 Å². The number of rotatable bonds is 4. The summed E-state index contributed by atoms with van der Waals surface area (Å²) in [6.07, 6.45) is 3.98. The predicted octanol–water partition coefficient (Wildman–Crippen LogP) is 3.64. The molecule has 1 aliphatic heterocycles. The Morgan fingerprint density at radius 1 is 1.28 bits per heavy atom. The second kappa shape index (κ2) is 7.08.